The van der Waals surface area contributed by atoms with E-state index in [1.807, 2.05) is 13.0 Å². The molecule has 0 bridgehead atoms. The van der Waals surface area contributed by atoms with Crippen LogP contribution in [0, 0.1) is 22.7 Å². The molecule has 60 valence electrons. The van der Waals surface area contributed by atoms with Crippen molar-refractivity contribution in [3.05, 3.63) is 0 Å². The SMILES string of the molecule is CCC1CC1(C#N)C(=O)OC. The Morgan fingerprint density at radius 3 is 2.82 bits per heavy atom. The molecule has 0 spiro atoms. The highest BCUT2D eigenvalue weighted by atomic mass is 16.5. The lowest BCUT2D eigenvalue weighted by Crippen LogP contribution is -2.17. The standard InChI is InChI=1S/C8H11NO2/c1-3-6-4-8(6,5-9)7(10)11-2/h6H,3-4H2,1-2H3. The minimum absolute atomic E-state index is 0.222. The van der Waals surface area contributed by atoms with E-state index in [0.29, 0.717) is 6.42 Å². The van der Waals surface area contributed by atoms with Crippen LogP contribution in [0.15, 0.2) is 0 Å². The van der Waals surface area contributed by atoms with Gasteiger partial charge in [0.15, 0.2) is 5.41 Å². The van der Waals surface area contributed by atoms with Crippen molar-refractivity contribution in [2.45, 2.75) is 19.8 Å². The van der Waals surface area contributed by atoms with Crippen molar-refractivity contribution < 1.29 is 9.53 Å². The van der Waals surface area contributed by atoms with Crippen molar-refractivity contribution in [1.82, 2.24) is 0 Å². The number of rotatable bonds is 2. The molecule has 1 rings (SSSR count). The van der Waals surface area contributed by atoms with Gasteiger partial charge in [-0.2, -0.15) is 5.26 Å². The second kappa shape index (κ2) is 2.54. The van der Waals surface area contributed by atoms with Gasteiger partial charge in [0.2, 0.25) is 0 Å². The molecule has 0 heterocycles. The van der Waals surface area contributed by atoms with E-state index in [0.717, 1.165) is 6.42 Å². The van der Waals surface area contributed by atoms with E-state index in [-0.39, 0.29) is 11.9 Å². The predicted octanol–water partition coefficient (Wildman–Crippen LogP) is 1.10. The Balaban J connectivity index is 2.69. The number of hydrogen-bond acceptors (Lipinski definition) is 3. The van der Waals surface area contributed by atoms with Gasteiger partial charge in [-0.1, -0.05) is 13.3 Å². The van der Waals surface area contributed by atoms with Crippen LogP contribution in [0.4, 0.5) is 0 Å². The topological polar surface area (TPSA) is 50.1 Å². The van der Waals surface area contributed by atoms with Gasteiger partial charge < -0.3 is 4.74 Å². The number of methoxy groups -OCH3 is 1. The van der Waals surface area contributed by atoms with E-state index in [1.54, 1.807) is 0 Å². The second-order valence-corrected chi connectivity index (χ2v) is 2.88. The molecule has 1 aliphatic rings. The minimum Gasteiger partial charge on any atom is -0.468 e. The van der Waals surface area contributed by atoms with E-state index in [2.05, 4.69) is 4.74 Å². The summed E-state index contributed by atoms with van der Waals surface area (Å²) in [5.41, 5.74) is -0.788. The van der Waals surface area contributed by atoms with Crippen LogP contribution >= 0.6 is 0 Å². The lowest BCUT2D eigenvalue weighted by molar-refractivity contribution is -0.145. The third kappa shape index (κ3) is 0.988. The van der Waals surface area contributed by atoms with Gasteiger partial charge in [0.25, 0.3) is 0 Å². The first kappa shape index (κ1) is 8.06. The fourth-order valence-electron chi connectivity index (χ4n) is 1.44. The molecule has 2 atom stereocenters. The molecule has 3 nitrogen and oxygen atoms in total. The van der Waals surface area contributed by atoms with E-state index in [1.165, 1.54) is 7.11 Å². The van der Waals surface area contributed by atoms with Gasteiger partial charge >= 0.3 is 5.97 Å². The average Bonchev–Trinajstić information content (AvgIpc) is 2.78. The summed E-state index contributed by atoms with van der Waals surface area (Å²) in [4.78, 5) is 11.1. The molecule has 0 aromatic heterocycles. The summed E-state index contributed by atoms with van der Waals surface area (Å²) < 4.78 is 4.54. The first-order chi connectivity index (χ1) is 5.21. The maximum absolute atomic E-state index is 11.1. The molecule has 1 fully saturated rings. The molecule has 0 aliphatic heterocycles. The fraction of sp³-hybridized carbons (Fsp3) is 0.750. The maximum Gasteiger partial charge on any atom is 0.326 e. The van der Waals surface area contributed by atoms with Gasteiger partial charge in [-0.25, -0.2) is 0 Å². The molecule has 3 heteroatoms. The molecule has 11 heavy (non-hydrogen) atoms. The molecule has 2 unspecified atom stereocenters. The molecule has 0 aromatic rings. The highest BCUT2D eigenvalue weighted by molar-refractivity contribution is 5.83. The molecule has 0 N–H and O–H groups in total. The summed E-state index contributed by atoms with van der Waals surface area (Å²) in [6, 6.07) is 2.03. The second-order valence-electron chi connectivity index (χ2n) is 2.88. The average molecular weight is 153 g/mol. The van der Waals surface area contributed by atoms with Crippen molar-refractivity contribution >= 4 is 5.97 Å². The van der Waals surface area contributed by atoms with Gasteiger partial charge in [-0.15, -0.1) is 0 Å². The minimum atomic E-state index is -0.788. The molecule has 0 radical (unpaired) electrons. The number of ether oxygens (including phenoxy) is 1. The van der Waals surface area contributed by atoms with Crippen molar-refractivity contribution in [3.8, 4) is 6.07 Å². The van der Waals surface area contributed by atoms with Crippen molar-refractivity contribution in [3.63, 3.8) is 0 Å². The zero-order chi connectivity index (χ0) is 8.48. The molecular weight excluding hydrogens is 142 g/mol. The van der Waals surface area contributed by atoms with Gasteiger partial charge in [0.1, 0.15) is 0 Å². The number of carbonyl (C=O) groups excluding carboxylic acids is 1. The zero-order valence-corrected chi connectivity index (χ0v) is 6.76. The normalized spacial score (nSPS) is 34.1. The Labute approximate surface area is 66.0 Å². The van der Waals surface area contributed by atoms with E-state index in [9.17, 15) is 4.79 Å². The van der Waals surface area contributed by atoms with E-state index < -0.39 is 5.41 Å². The monoisotopic (exact) mass is 153 g/mol. The molecule has 0 amide bonds. The summed E-state index contributed by atoms with van der Waals surface area (Å²) in [6.07, 6.45) is 1.55. The quantitative estimate of drug-likeness (QED) is 0.558. The maximum atomic E-state index is 11.1. The van der Waals surface area contributed by atoms with Crippen LogP contribution in [0.2, 0.25) is 0 Å². The van der Waals surface area contributed by atoms with Gasteiger partial charge in [0.05, 0.1) is 13.2 Å². The van der Waals surface area contributed by atoms with Crippen LogP contribution in [-0.2, 0) is 9.53 Å². The lowest BCUT2D eigenvalue weighted by atomic mass is 10.1. The number of carbonyl (C=O) groups is 1. The van der Waals surface area contributed by atoms with Crippen LogP contribution in [0.5, 0.6) is 0 Å². The highest BCUT2D eigenvalue weighted by Gasteiger charge is 2.60. The Bertz CT molecular complexity index is 219. The largest absolute Gasteiger partial charge is 0.468 e. The molecule has 1 saturated carbocycles. The van der Waals surface area contributed by atoms with Crippen LogP contribution in [0.25, 0.3) is 0 Å². The van der Waals surface area contributed by atoms with Gasteiger partial charge in [-0.3, -0.25) is 4.79 Å². The Kier molecular flexibility index (Phi) is 1.86. The van der Waals surface area contributed by atoms with Gasteiger partial charge in [0, 0.05) is 0 Å². The summed E-state index contributed by atoms with van der Waals surface area (Å²) >= 11 is 0. The van der Waals surface area contributed by atoms with Crippen molar-refractivity contribution in [2.24, 2.45) is 11.3 Å². The van der Waals surface area contributed by atoms with E-state index >= 15 is 0 Å². The first-order valence-electron chi connectivity index (χ1n) is 3.71. The fourth-order valence-corrected chi connectivity index (χ4v) is 1.44. The zero-order valence-electron chi connectivity index (χ0n) is 6.76. The summed E-state index contributed by atoms with van der Waals surface area (Å²) in [5.74, 6) is -0.146. The third-order valence-corrected chi connectivity index (χ3v) is 2.35. The summed E-state index contributed by atoms with van der Waals surface area (Å²) in [7, 11) is 1.33. The van der Waals surface area contributed by atoms with Crippen LogP contribution in [0.1, 0.15) is 19.8 Å². The summed E-state index contributed by atoms with van der Waals surface area (Å²) in [6.45, 7) is 1.98. The molecule has 1 aliphatic carbocycles. The first-order valence-corrected chi connectivity index (χ1v) is 3.71. The van der Waals surface area contributed by atoms with Gasteiger partial charge in [-0.05, 0) is 12.3 Å². The highest BCUT2D eigenvalue weighted by Crippen LogP contribution is 2.54. The molecular formula is C8H11NO2. The van der Waals surface area contributed by atoms with Crippen molar-refractivity contribution in [1.29, 1.82) is 5.26 Å². The summed E-state index contributed by atoms with van der Waals surface area (Å²) in [5, 5.41) is 8.71. The predicted molar refractivity (Wildman–Crippen MR) is 38.5 cm³/mol. The number of hydrogen-bond donors (Lipinski definition) is 0. The van der Waals surface area contributed by atoms with Crippen LogP contribution in [-0.4, -0.2) is 13.1 Å². The molecule has 0 saturated heterocycles. The smallest absolute Gasteiger partial charge is 0.326 e. The Hall–Kier alpha value is -1.04. The Morgan fingerprint density at radius 2 is 2.55 bits per heavy atom. The third-order valence-electron chi connectivity index (χ3n) is 2.35. The number of esters is 1. The Morgan fingerprint density at radius 1 is 1.91 bits per heavy atom. The van der Waals surface area contributed by atoms with Crippen LogP contribution < -0.4 is 0 Å². The number of nitrogens with zero attached hydrogens (tertiary/aromatic N) is 1. The van der Waals surface area contributed by atoms with Crippen LogP contribution in [0.3, 0.4) is 0 Å². The molecule has 0 aromatic carbocycles. The lowest BCUT2D eigenvalue weighted by Gasteiger charge is -2.03. The number of nitriles is 1. The van der Waals surface area contributed by atoms with Crippen molar-refractivity contribution in [2.75, 3.05) is 7.11 Å². The van der Waals surface area contributed by atoms with E-state index in [4.69, 9.17) is 5.26 Å².